The van der Waals surface area contributed by atoms with Gasteiger partial charge in [0, 0.05) is 36.5 Å². The topological polar surface area (TPSA) is 107 Å². The van der Waals surface area contributed by atoms with Crippen molar-refractivity contribution in [2.24, 2.45) is 11.5 Å². The van der Waals surface area contributed by atoms with Crippen LogP contribution in [0.5, 0.6) is 0 Å². The van der Waals surface area contributed by atoms with Crippen LogP contribution in [0.25, 0.3) is 23.2 Å². The van der Waals surface area contributed by atoms with E-state index in [9.17, 15) is 13.6 Å². The second kappa shape index (κ2) is 19.1. The molecule has 0 saturated carbocycles. The smallest absolute Gasteiger partial charge is 0.247 e. The van der Waals surface area contributed by atoms with Gasteiger partial charge in [0.25, 0.3) is 0 Å². The number of nitrogens with one attached hydrogen (secondary N) is 1. The molecule has 2 aromatic carbocycles. The molecule has 0 saturated heterocycles. The number of nitrogens with two attached hydrogens (primary N) is 2. The van der Waals surface area contributed by atoms with Gasteiger partial charge in [-0.05, 0) is 73.4 Å². The monoisotopic (exact) mass is 567 g/mol. The average molecular weight is 568 g/mol. The molecular formula is C33H47F2N5O. The number of halogens is 2. The van der Waals surface area contributed by atoms with E-state index in [2.05, 4.69) is 15.3 Å². The fraction of sp³-hybridized carbons (Fsp3) is 0.364. The molecule has 3 rings (SSSR count). The van der Waals surface area contributed by atoms with Crippen molar-refractivity contribution in [2.75, 3.05) is 5.32 Å². The van der Waals surface area contributed by atoms with Crippen molar-refractivity contribution in [3.05, 3.63) is 83.2 Å². The molecule has 3 aromatic rings. The molecule has 1 heterocycles. The first kappa shape index (κ1) is 36.9. The largest absolute Gasteiger partial charge is 0.403 e. The van der Waals surface area contributed by atoms with Crippen LogP contribution in [0.1, 0.15) is 84.9 Å². The summed E-state index contributed by atoms with van der Waals surface area (Å²) in [5, 5.41) is 3.27. The van der Waals surface area contributed by atoms with Gasteiger partial charge in [-0.25, -0.2) is 18.7 Å². The van der Waals surface area contributed by atoms with Gasteiger partial charge in [-0.1, -0.05) is 65.8 Å². The standard InChI is InChI=1S/C24H25N5O.C5H10F2.2C2H6/c1-15(17(3)30)12-19-4-5-20(13-16(19)2)24-27-11-10-23(29-24)28-21-8-6-18(7-9-21)22(26)14-25;1-3-5(6,7)4-2;2*1-2/h4-14H,25-26H2,1-3H3,(H,27,28,29);3-4H2,1-2H3;2*1-2H3/b15-12+,22-14-;;;. The van der Waals surface area contributed by atoms with Gasteiger partial charge >= 0.3 is 0 Å². The Balaban J connectivity index is 0.00000125. The Kier molecular flexibility index (Phi) is 17.2. The van der Waals surface area contributed by atoms with Crippen molar-refractivity contribution in [2.45, 2.75) is 81.1 Å². The molecule has 0 unspecified atom stereocenters. The molecule has 5 N–H and O–H groups in total. The molecule has 0 atom stereocenters. The highest BCUT2D eigenvalue weighted by atomic mass is 19.3. The van der Waals surface area contributed by atoms with Crippen LogP contribution in [0.4, 0.5) is 20.3 Å². The van der Waals surface area contributed by atoms with E-state index in [0.717, 1.165) is 33.5 Å². The number of hydrogen-bond acceptors (Lipinski definition) is 6. The summed E-state index contributed by atoms with van der Waals surface area (Å²) in [6.07, 6.45) is 4.92. The molecule has 0 bridgehead atoms. The third-order valence-electron chi connectivity index (χ3n) is 5.82. The maximum absolute atomic E-state index is 11.9. The van der Waals surface area contributed by atoms with Crippen LogP contribution in [0.2, 0.25) is 0 Å². The summed E-state index contributed by atoms with van der Waals surface area (Å²) in [6, 6.07) is 15.4. The van der Waals surface area contributed by atoms with E-state index in [1.54, 1.807) is 13.1 Å². The van der Waals surface area contributed by atoms with Crippen LogP contribution >= 0.6 is 0 Å². The molecular weight excluding hydrogens is 520 g/mol. The van der Waals surface area contributed by atoms with Gasteiger partial charge in [0.15, 0.2) is 11.6 Å². The molecule has 8 heteroatoms. The summed E-state index contributed by atoms with van der Waals surface area (Å²) < 4.78 is 23.8. The zero-order valence-electron chi connectivity index (χ0n) is 26.0. The first-order valence-electron chi connectivity index (χ1n) is 14.1. The van der Waals surface area contributed by atoms with Gasteiger partial charge < -0.3 is 16.8 Å². The quantitative estimate of drug-likeness (QED) is 0.235. The lowest BCUT2D eigenvalue weighted by Gasteiger charge is -2.09. The van der Waals surface area contributed by atoms with E-state index in [0.29, 0.717) is 17.3 Å². The molecule has 41 heavy (non-hydrogen) atoms. The normalized spacial score (nSPS) is 11.1. The van der Waals surface area contributed by atoms with Crippen LogP contribution in [0.3, 0.4) is 0 Å². The molecule has 0 amide bonds. The highest BCUT2D eigenvalue weighted by molar-refractivity contribution is 5.97. The maximum Gasteiger partial charge on any atom is 0.247 e. The fourth-order valence-electron chi connectivity index (χ4n) is 3.12. The second-order valence-electron chi connectivity index (χ2n) is 8.61. The third-order valence-corrected chi connectivity index (χ3v) is 5.82. The van der Waals surface area contributed by atoms with Crippen molar-refractivity contribution in [3.8, 4) is 11.4 Å². The van der Waals surface area contributed by atoms with E-state index >= 15 is 0 Å². The summed E-state index contributed by atoms with van der Waals surface area (Å²) in [5.74, 6) is -1.05. The number of ketones is 1. The SMILES string of the molecule is CC.CC.CC(=O)/C(C)=C/c1ccc(-c2nccc(Nc3ccc(/C(N)=C/N)cc3)n2)cc1C.CCC(F)(F)CC. The summed E-state index contributed by atoms with van der Waals surface area (Å²) >= 11 is 0. The van der Waals surface area contributed by atoms with E-state index in [1.165, 1.54) is 20.0 Å². The van der Waals surface area contributed by atoms with E-state index < -0.39 is 5.92 Å². The summed E-state index contributed by atoms with van der Waals surface area (Å²) in [5.41, 5.74) is 17.2. The lowest BCUT2D eigenvalue weighted by atomic mass is 10.0. The van der Waals surface area contributed by atoms with Crippen molar-refractivity contribution >= 4 is 29.1 Å². The minimum atomic E-state index is -2.42. The number of carbonyl (C=O) groups is 1. The number of hydrogen-bond donors (Lipinski definition) is 3. The Labute approximate surface area is 245 Å². The van der Waals surface area contributed by atoms with Crippen LogP contribution in [-0.2, 0) is 4.79 Å². The highest BCUT2D eigenvalue weighted by Gasteiger charge is 2.21. The summed E-state index contributed by atoms with van der Waals surface area (Å²) in [4.78, 5) is 20.5. The summed E-state index contributed by atoms with van der Waals surface area (Å²) in [6.45, 7) is 16.4. The molecule has 0 aliphatic heterocycles. The molecule has 6 nitrogen and oxygen atoms in total. The third kappa shape index (κ3) is 12.8. The molecule has 0 aliphatic carbocycles. The van der Waals surface area contributed by atoms with Gasteiger partial charge in [-0.2, -0.15) is 0 Å². The average Bonchev–Trinajstić information content (AvgIpc) is 3.00. The van der Waals surface area contributed by atoms with Crippen LogP contribution in [0.15, 0.2) is 66.5 Å². The van der Waals surface area contributed by atoms with E-state index in [1.807, 2.05) is 96.1 Å². The molecule has 0 radical (unpaired) electrons. The predicted molar refractivity (Wildman–Crippen MR) is 171 cm³/mol. The van der Waals surface area contributed by atoms with Gasteiger partial charge in [0.05, 0.1) is 5.70 Å². The Morgan fingerprint density at radius 2 is 1.56 bits per heavy atom. The van der Waals surface area contributed by atoms with Crippen molar-refractivity contribution in [3.63, 3.8) is 0 Å². The number of aryl methyl sites for hydroxylation is 1. The zero-order chi connectivity index (χ0) is 31.6. The Bertz CT molecular complexity index is 1260. The van der Waals surface area contributed by atoms with E-state index in [-0.39, 0.29) is 18.6 Å². The predicted octanol–water partition coefficient (Wildman–Crippen LogP) is 8.90. The van der Waals surface area contributed by atoms with Crippen molar-refractivity contribution in [1.29, 1.82) is 0 Å². The summed E-state index contributed by atoms with van der Waals surface area (Å²) in [7, 11) is 0. The lowest BCUT2D eigenvalue weighted by molar-refractivity contribution is -0.113. The van der Waals surface area contributed by atoms with Gasteiger partial charge in [0.2, 0.25) is 5.92 Å². The molecule has 0 aliphatic rings. The lowest BCUT2D eigenvalue weighted by Crippen LogP contribution is -2.10. The van der Waals surface area contributed by atoms with Crippen LogP contribution in [-0.4, -0.2) is 21.7 Å². The first-order chi connectivity index (χ1) is 19.5. The van der Waals surface area contributed by atoms with Crippen LogP contribution in [0, 0.1) is 6.92 Å². The zero-order valence-corrected chi connectivity index (χ0v) is 26.0. The number of benzene rings is 2. The van der Waals surface area contributed by atoms with Gasteiger partial charge in [-0.15, -0.1) is 0 Å². The van der Waals surface area contributed by atoms with Gasteiger partial charge in [-0.3, -0.25) is 4.79 Å². The van der Waals surface area contributed by atoms with Crippen molar-refractivity contribution in [1.82, 2.24) is 9.97 Å². The van der Waals surface area contributed by atoms with Crippen LogP contribution < -0.4 is 16.8 Å². The highest BCUT2D eigenvalue weighted by Crippen LogP contribution is 2.24. The second-order valence-corrected chi connectivity index (χ2v) is 8.61. The minimum Gasteiger partial charge on any atom is -0.403 e. The first-order valence-corrected chi connectivity index (χ1v) is 14.1. The molecule has 224 valence electrons. The van der Waals surface area contributed by atoms with Crippen molar-refractivity contribution < 1.29 is 13.6 Å². The van der Waals surface area contributed by atoms with Gasteiger partial charge in [0.1, 0.15) is 5.82 Å². The number of rotatable bonds is 8. The number of nitrogens with zero attached hydrogens (tertiary/aromatic N) is 2. The fourth-order valence-corrected chi connectivity index (χ4v) is 3.12. The number of aromatic nitrogens is 2. The molecule has 0 spiro atoms. The Morgan fingerprint density at radius 1 is 0.976 bits per heavy atom. The number of allylic oxidation sites excluding steroid dienone is 1. The Morgan fingerprint density at radius 3 is 2.02 bits per heavy atom. The molecule has 0 fully saturated rings. The Hall–Kier alpha value is -4.07. The number of anilines is 2. The maximum atomic E-state index is 11.9. The number of alkyl halides is 2. The van der Waals surface area contributed by atoms with E-state index in [4.69, 9.17) is 11.5 Å². The molecule has 1 aromatic heterocycles. The minimum absolute atomic E-state index is 0.0382. The number of Topliss-reactive ketones (excluding diaryl/α,β-unsaturated/α-hetero) is 1. The number of carbonyl (C=O) groups excluding carboxylic acids is 1.